The summed E-state index contributed by atoms with van der Waals surface area (Å²) in [5, 5.41) is 9.98. The molecule has 1 aromatic carbocycles. The zero-order valence-electron chi connectivity index (χ0n) is 6.50. The van der Waals surface area contributed by atoms with Crippen LogP contribution in [-0.2, 0) is 5.88 Å². The molecule has 1 rings (SSSR count). The van der Waals surface area contributed by atoms with Gasteiger partial charge in [-0.1, -0.05) is 40.2 Å². The molecule has 0 fully saturated rings. The largest absolute Gasteiger partial charge is 0.388 e. The molecule has 0 radical (unpaired) electrons. The maximum atomic E-state index is 9.41. The van der Waals surface area contributed by atoms with Crippen LogP contribution in [0.2, 0.25) is 0 Å². The first-order valence-electron chi connectivity index (χ1n) is 3.66. The molecule has 1 aromatic rings. The summed E-state index contributed by atoms with van der Waals surface area (Å²) >= 11 is 8.83. The van der Waals surface area contributed by atoms with Crippen LogP contribution in [0.4, 0.5) is 0 Å². The Labute approximate surface area is 85.5 Å². The molecule has 0 aliphatic carbocycles. The van der Waals surface area contributed by atoms with E-state index < -0.39 is 6.10 Å². The van der Waals surface area contributed by atoms with Gasteiger partial charge in [0.25, 0.3) is 0 Å². The molecule has 0 heterocycles. The van der Waals surface area contributed by atoms with Gasteiger partial charge >= 0.3 is 0 Å². The van der Waals surface area contributed by atoms with Gasteiger partial charge in [-0.05, 0) is 11.1 Å². The first-order valence-corrected chi connectivity index (χ1v) is 5.32. The van der Waals surface area contributed by atoms with Gasteiger partial charge in [0.2, 0.25) is 0 Å². The Balaban J connectivity index is 2.77. The Morgan fingerprint density at radius 1 is 1.33 bits per heavy atom. The standard InChI is InChI=1S/C9H10BrClO/c10-5-9(12)8-3-1-7(6-11)2-4-8/h1-4,9,12H,5-6H2/t9-/m0/s1. The van der Waals surface area contributed by atoms with Crippen molar-refractivity contribution in [1.82, 2.24) is 0 Å². The Hall–Kier alpha value is -0.0500. The molecule has 0 spiro atoms. The predicted octanol–water partition coefficient (Wildman–Crippen LogP) is 2.85. The van der Waals surface area contributed by atoms with E-state index in [2.05, 4.69) is 15.9 Å². The summed E-state index contributed by atoms with van der Waals surface area (Å²) in [6.07, 6.45) is -0.422. The zero-order chi connectivity index (χ0) is 8.97. The maximum Gasteiger partial charge on any atom is 0.0886 e. The minimum absolute atomic E-state index is 0.422. The molecule has 0 aliphatic heterocycles. The van der Waals surface area contributed by atoms with E-state index in [1.165, 1.54) is 0 Å². The molecule has 1 atom stereocenters. The summed E-state index contributed by atoms with van der Waals surface area (Å²) in [6.45, 7) is 0. The van der Waals surface area contributed by atoms with E-state index in [0.29, 0.717) is 11.2 Å². The Morgan fingerprint density at radius 3 is 2.33 bits per heavy atom. The van der Waals surface area contributed by atoms with Crippen LogP contribution in [0.1, 0.15) is 17.2 Å². The normalized spacial score (nSPS) is 12.9. The molecule has 0 saturated carbocycles. The fraction of sp³-hybridized carbons (Fsp3) is 0.333. The average molecular weight is 250 g/mol. The fourth-order valence-electron chi connectivity index (χ4n) is 0.918. The smallest absolute Gasteiger partial charge is 0.0886 e. The van der Waals surface area contributed by atoms with Crippen molar-refractivity contribution in [3.8, 4) is 0 Å². The summed E-state index contributed by atoms with van der Waals surface area (Å²) in [5.74, 6) is 0.519. The molecule has 0 aliphatic rings. The van der Waals surface area contributed by atoms with Crippen molar-refractivity contribution < 1.29 is 5.11 Å². The molecule has 66 valence electrons. The molecule has 1 N–H and O–H groups in total. The second-order valence-electron chi connectivity index (χ2n) is 2.55. The highest BCUT2D eigenvalue weighted by Crippen LogP contribution is 2.16. The van der Waals surface area contributed by atoms with Gasteiger partial charge in [-0.25, -0.2) is 0 Å². The fourth-order valence-corrected chi connectivity index (χ4v) is 1.47. The van der Waals surface area contributed by atoms with Crippen molar-refractivity contribution in [3.63, 3.8) is 0 Å². The van der Waals surface area contributed by atoms with E-state index in [0.717, 1.165) is 11.1 Å². The van der Waals surface area contributed by atoms with E-state index in [1.807, 2.05) is 24.3 Å². The number of alkyl halides is 2. The highest BCUT2D eigenvalue weighted by molar-refractivity contribution is 9.09. The van der Waals surface area contributed by atoms with Crippen LogP contribution in [0.25, 0.3) is 0 Å². The quantitative estimate of drug-likeness (QED) is 0.817. The van der Waals surface area contributed by atoms with Gasteiger partial charge in [0.1, 0.15) is 0 Å². The van der Waals surface area contributed by atoms with Crippen molar-refractivity contribution in [2.45, 2.75) is 12.0 Å². The molecule has 3 heteroatoms. The van der Waals surface area contributed by atoms with E-state index in [9.17, 15) is 5.11 Å². The Bertz CT molecular complexity index is 235. The molecule has 1 nitrogen and oxygen atoms in total. The van der Waals surface area contributed by atoms with Gasteiger partial charge in [-0.3, -0.25) is 0 Å². The molecule has 0 bridgehead atoms. The molecule has 12 heavy (non-hydrogen) atoms. The van der Waals surface area contributed by atoms with Gasteiger partial charge in [0.05, 0.1) is 6.10 Å². The second kappa shape index (κ2) is 4.85. The van der Waals surface area contributed by atoms with E-state index in [1.54, 1.807) is 0 Å². The summed E-state index contributed by atoms with van der Waals surface area (Å²) in [6, 6.07) is 7.63. The van der Waals surface area contributed by atoms with Gasteiger partial charge in [-0.2, -0.15) is 0 Å². The number of aliphatic hydroxyl groups is 1. The first-order chi connectivity index (χ1) is 5.77. The lowest BCUT2D eigenvalue weighted by Gasteiger charge is -2.06. The highest BCUT2D eigenvalue weighted by atomic mass is 79.9. The van der Waals surface area contributed by atoms with E-state index in [-0.39, 0.29) is 0 Å². The zero-order valence-corrected chi connectivity index (χ0v) is 8.85. The summed E-state index contributed by atoms with van der Waals surface area (Å²) in [4.78, 5) is 0. The summed E-state index contributed by atoms with van der Waals surface area (Å²) in [5.41, 5.74) is 1.99. The van der Waals surface area contributed by atoms with Crippen LogP contribution < -0.4 is 0 Å². The maximum absolute atomic E-state index is 9.41. The number of rotatable bonds is 3. The minimum Gasteiger partial charge on any atom is -0.388 e. The number of aliphatic hydroxyl groups excluding tert-OH is 1. The Morgan fingerprint density at radius 2 is 1.92 bits per heavy atom. The monoisotopic (exact) mass is 248 g/mol. The van der Waals surface area contributed by atoms with Gasteiger partial charge in [-0.15, -0.1) is 11.6 Å². The van der Waals surface area contributed by atoms with Crippen LogP contribution in [0.5, 0.6) is 0 Å². The number of hydrogen-bond acceptors (Lipinski definition) is 1. The van der Waals surface area contributed by atoms with Crippen LogP contribution >= 0.6 is 27.5 Å². The molecule has 0 aromatic heterocycles. The van der Waals surface area contributed by atoms with Crippen LogP contribution in [0.15, 0.2) is 24.3 Å². The topological polar surface area (TPSA) is 20.2 Å². The van der Waals surface area contributed by atoms with Crippen LogP contribution in [0, 0.1) is 0 Å². The lowest BCUT2D eigenvalue weighted by atomic mass is 10.1. The van der Waals surface area contributed by atoms with Crippen LogP contribution in [0.3, 0.4) is 0 Å². The van der Waals surface area contributed by atoms with Crippen LogP contribution in [-0.4, -0.2) is 10.4 Å². The lowest BCUT2D eigenvalue weighted by Crippen LogP contribution is -1.97. The van der Waals surface area contributed by atoms with Crippen molar-refractivity contribution in [1.29, 1.82) is 0 Å². The third-order valence-electron chi connectivity index (χ3n) is 1.66. The third kappa shape index (κ3) is 2.47. The second-order valence-corrected chi connectivity index (χ2v) is 3.46. The van der Waals surface area contributed by atoms with Crippen molar-refractivity contribution in [3.05, 3.63) is 35.4 Å². The first kappa shape index (κ1) is 10.0. The highest BCUT2D eigenvalue weighted by Gasteiger charge is 2.03. The third-order valence-corrected chi connectivity index (χ3v) is 2.59. The van der Waals surface area contributed by atoms with Crippen molar-refractivity contribution >= 4 is 27.5 Å². The SMILES string of the molecule is O[C@@H](CBr)c1ccc(CCl)cc1. The molecule has 0 saturated heterocycles. The summed E-state index contributed by atoms with van der Waals surface area (Å²) < 4.78 is 0. The van der Waals surface area contributed by atoms with Gasteiger partial charge < -0.3 is 5.11 Å². The number of halogens is 2. The van der Waals surface area contributed by atoms with Gasteiger partial charge in [0, 0.05) is 11.2 Å². The molecule has 0 unspecified atom stereocenters. The van der Waals surface area contributed by atoms with Crippen molar-refractivity contribution in [2.24, 2.45) is 0 Å². The van der Waals surface area contributed by atoms with Crippen molar-refractivity contribution in [2.75, 3.05) is 5.33 Å². The van der Waals surface area contributed by atoms with E-state index >= 15 is 0 Å². The molecular weight excluding hydrogens is 239 g/mol. The van der Waals surface area contributed by atoms with E-state index in [4.69, 9.17) is 11.6 Å². The predicted molar refractivity (Wildman–Crippen MR) is 54.8 cm³/mol. The summed E-state index contributed by atoms with van der Waals surface area (Å²) in [7, 11) is 0. The minimum atomic E-state index is -0.422. The molecule has 0 amide bonds. The number of benzene rings is 1. The average Bonchev–Trinajstić information content (AvgIpc) is 2.17. The Kier molecular flexibility index (Phi) is 4.06. The number of hydrogen-bond donors (Lipinski definition) is 1. The molecular formula is C9H10BrClO. The van der Waals surface area contributed by atoms with Gasteiger partial charge in [0.15, 0.2) is 0 Å². The lowest BCUT2D eigenvalue weighted by molar-refractivity contribution is 0.205.